The molecule has 0 radical (unpaired) electrons. The Labute approximate surface area is 140 Å². The number of aromatic nitrogens is 1. The molecule has 4 aromatic rings. The number of para-hydroxylation sites is 2. The van der Waals surface area contributed by atoms with Crippen molar-refractivity contribution in [3.05, 3.63) is 90.5 Å². The average molecular weight is 309 g/mol. The predicted molar refractivity (Wildman–Crippen MR) is 98.9 cm³/mol. The van der Waals surface area contributed by atoms with Gasteiger partial charge in [-0.05, 0) is 17.7 Å². The van der Waals surface area contributed by atoms with Gasteiger partial charge in [0, 0.05) is 17.5 Å². The number of nitrogens with zero attached hydrogens (tertiary/aromatic N) is 2. The molecule has 2 nitrogen and oxygen atoms in total. The Kier molecular flexibility index (Phi) is 2.89. The van der Waals surface area contributed by atoms with Gasteiger partial charge >= 0.3 is 0 Å². The van der Waals surface area contributed by atoms with Crippen molar-refractivity contribution in [3.8, 4) is 11.3 Å². The quantitative estimate of drug-likeness (QED) is 0.458. The Balaban J connectivity index is 1.75. The van der Waals surface area contributed by atoms with E-state index in [1.807, 2.05) is 0 Å². The van der Waals surface area contributed by atoms with Crippen LogP contribution in [-0.2, 0) is 6.67 Å². The van der Waals surface area contributed by atoms with Gasteiger partial charge in [-0.2, -0.15) is 4.58 Å². The summed E-state index contributed by atoms with van der Waals surface area (Å²) in [4.78, 5) is 0. The van der Waals surface area contributed by atoms with E-state index >= 15 is 0 Å². The first-order chi connectivity index (χ1) is 11.9. The third kappa shape index (κ3) is 2.00. The van der Waals surface area contributed by atoms with E-state index in [4.69, 9.17) is 0 Å². The molecule has 0 amide bonds. The molecular formula is C22H17N2+. The summed E-state index contributed by atoms with van der Waals surface area (Å²) in [6, 6.07) is 30.0. The van der Waals surface area contributed by atoms with Gasteiger partial charge in [0.25, 0.3) is 0 Å². The lowest BCUT2D eigenvalue weighted by atomic mass is 10.1. The minimum Gasteiger partial charge on any atom is -0.284 e. The fourth-order valence-corrected chi connectivity index (χ4v) is 3.59. The second kappa shape index (κ2) is 5.20. The van der Waals surface area contributed by atoms with Crippen LogP contribution in [0.25, 0.3) is 22.2 Å². The van der Waals surface area contributed by atoms with E-state index < -0.39 is 0 Å². The van der Waals surface area contributed by atoms with Gasteiger partial charge in [0.05, 0.1) is 16.8 Å². The first-order valence-corrected chi connectivity index (χ1v) is 8.24. The topological polar surface area (TPSA) is 7.94 Å². The van der Waals surface area contributed by atoms with Crippen LogP contribution >= 0.6 is 0 Å². The molecular weight excluding hydrogens is 292 g/mol. The molecule has 0 fully saturated rings. The fraction of sp³-hybridized carbons (Fsp3) is 0.0455. The molecule has 2 heterocycles. The summed E-state index contributed by atoms with van der Waals surface area (Å²) in [5, 5.41) is 1.30. The van der Waals surface area contributed by atoms with Crippen molar-refractivity contribution >= 4 is 22.8 Å². The maximum absolute atomic E-state index is 2.42. The standard InChI is InChI=1S/C22H17N2/c1-3-8-17(9-4-1)21-14-18-10-7-11-19-15-23(16-24(21)22(18)19)20-12-5-2-6-13-20/h1-15H,16H2/q+1. The van der Waals surface area contributed by atoms with Crippen LogP contribution in [0.3, 0.4) is 0 Å². The first-order valence-electron chi connectivity index (χ1n) is 8.24. The van der Waals surface area contributed by atoms with Gasteiger partial charge in [-0.15, -0.1) is 0 Å². The highest BCUT2D eigenvalue weighted by atomic mass is 15.2. The minimum atomic E-state index is 0.828. The number of benzene rings is 3. The lowest BCUT2D eigenvalue weighted by molar-refractivity contribution is -0.471. The molecule has 0 aliphatic carbocycles. The monoisotopic (exact) mass is 309 g/mol. The first kappa shape index (κ1) is 13.3. The summed E-state index contributed by atoms with van der Waals surface area (Å²) in [7, 11) is 0. The van der Waals surface area contributed by atoms with E-state index in [1.165, 1.54) is 33.4 Å². The highest BCUT2D eigenvalue weighted by Gasteiger charge is 2.23. The molecule has 5 rings (SSSR count). The maximum atomic E-state index is 2.42. The van der Waals surface area contributed by atoms with E-state index in [0.717, 1.165) is 6.67 Å². The molecule has 0 saturated carbocycles. The van der Waals surface area contributed by atoms with Crippen molar-refractivity contribution in [1.82, 2.24) is 4.57 Å². The summed E-state index contributed by atoms with van der Waals surface area (Å²) in [5.41, 5.74) is 6.34. The third-order valence-corrected chi connectivity index (χ3v) is 4.70. The predicted octanol–water partition coefficient (Wildman–Crippen LogP) is 5.04. The highest BCUT2D eigenvalue weighted by Crippen LogP contribution is 2.32. The minimum absolute atomic E-state index is 0.828. The molecule has 0 atom stereocenters. The van der Waals surface area contributed by atoms with Crippen LogP contribution in [0.15, 0.2) is 84.9 Å². The second-order valence-electron chi connectivity index (χ2n) is 6.18. The van der Waals surface area contributed by atoms with E-state index in [9.17, 15) is 0 Å². The molecule has 114 valence electrons. The van der Waals surface area contributed by atoms with E-state index in [-0.39, 0.29) is 0 Å². The van der Waals surface area contributed by atoms with Crippen LogP contribution in [0, 0.1) is 0 Å². The van der Waals surface area contributed by atoms with Gasteiger partial charge in [0.2, 0.25) is 12.4 Å². The zero-order chi connectivity index (χ0) is 15.9. The van der Waals surface area contributed by atoms with Crippen LogP contribution in [0.5, 0.6) is 0 Å². The molecule has 0 N–H and O–H groups in total. The van der Waals surface area contributed by atoms with Gasteiger partial charge in [-0.25, -0.2) is 0 Å². The lowest BCUT2D eigenvalue weighted by Gasteiger charge is -2.15. The Hall–Kier alpha value is -3.13. The van der Waals surface area contributed by atoms with Crippen LogP contribution in [0.2, 0.25) is 0 Å². The fourth-order valence-electron chi connectivity index (χ4n) is 3.59. The normalized spacial score (nSPS) is 13.1. The number of hydrogen-bond acceptors (Lipinski definition) is 0. The molecule has 0 bridgehead atoms. The molecule has 1 aliphatic rings. The molecule has 0 unspecified atom stereocenters. The summed E-state index contributed by atoms with van der Waals surface area (Å²) < 4.78 is 4.74. The smallest absolute Gasteiger partial charge is 0.228 e. The maximum Gasteiger partial charge on any atom is 0.228 e. The van der Waals surface area contributed by atoms with E-state index in [1.54, 1.807) is 0 Å². The molecule has 1 aliphatic heterocycles. The SMILES string of the molecule is C1=[N+](c2ccccc2)Cn2c(-c3ccccc3)cc3cccc1c32. The van der Waals surface area contributed by atoms with Gasteiger partial charge in [0.1, 0.15) is 0 Å². The summed E-state index contributed by atoms with van der Waals surface area (Å²) >= 11 is 0. The van der Waals surface area contributed by atoms with Crippen molar-refractivity contribution in [2.45, 2.75) is 6.67 Å². The van der Waals surface area contributed by atoms with E-state index in [2.05, 4.69) is 100 Å². The largest absolute Gasteiger partial charge is 0.284 e. The van der Waals surface area contributed by atoms with Crippen molar-refractivity contribution in [2.24, 2.45) is 0 Å². The van der Waals surface area contributed by atoms with Crippen LogP contribution in [0.4, 0.5) is 5.69 Å². The van der Waals surface area contributed by atoms with Crippen LogP contribution < -0.4 is 0 Å². The van der Waals surface area contributed by atoms with Gasteiger partial charge in [-0.3, -0.25) is 4.57 Å². The Morgan fingerprint density at radius 2 is 1.50 bits per heavy atom. The van der Waals surface area contributed by atoms with Gasteiger partial charge < -0.3 is 0 Å². The van der Waals surface area contributed by atoms with Gasteiger partial charge in [0.15, 0.2) is 6.21 Å². The van der Waals surface area contributed by atoms with Crippen molar-refractivity contribution in [2.75, 3.05) is 0 Å². The second-order valence-corrected chi connectivity index (χ2v) is 6.18. The third-order valence-electron chi connectivity index (χ3n) is 4.70. The Bertz CT molecular complexity index is 1060. The molecule has 3 aromatic carbocycles. The summed E-state index contributed by atoms with van der Waals surface area (Å²) in [5.74, 6) is 0. The molecule has 2 heteroatoms. The number of rotatable bonds is 2. The Morgan fingerprint density at radius 1 is 0.750 bits per heavy atom. The number of hydrogen-bond donors (Lipinski definition) is 0. The van der Waals surface area contributed by atoms with Gasteiger partial charge in [-0.1, -0.05) is 60.7 Å². The molecule has 1 aromatic heterocycles. The van der Waals surface area contributed by atoms with E-state index in [0.29, 0.717) is 0 Å². The Morgan fingerprint density at radius 3 is 2.29 bits per heavy atom. The zero-order valence-electron chi connectivity index (χ0n) is 13.3. The lowest BCUT2D eigenvalue weighted by Crippen LogP contribution is -2.19. The summed E-state index contributed by atoms with van der Waals surface area (Å²) in [6.07, 6.45) is 2.26. The molecule has 24 heavy (non-hydrogen) atoms. The summed E-state index contributed by atoms with van der Waals surface area (Å²) in [6.45, 7) is 0.828. The van der Waals surface area contributed by atoms with Crippen molar-refractivity contribution in [3.63, 3.8) is 0 Å². The van der Waals surface area contributed by atoms with Crippen molar-refractivity contribution in [1.29, 1.82) is 0 Å². The molecule has 0 saturated heterocycles. The average Bonchev–Trinajstić information content (AvgIpc) is 3.03. The molecule has 0 spiro atoms. The van der Waals surface area contributed by atoms with Crippen molar-refractivity contribution < 1.29 is 4.58 Å². The zero-order valence-corrected chi connectivity index (χ0v) is 13.3. The van der Waals surface area contributed by atoms with Crippen LogP contribution in [-0.4, -0.2) is 15.4 Å². The highest BCUT2D eigenvalue weighted by molar-refractivity contribution is 6.00. The van der Waals surface area contributed by atoms with Crippen LogP contribution in [0.1, 0.15) is 5.56 Å².